The molecule has 1 amide bonds. The van der Waals surface area contributed by atoms with E-state index in [0.717, 1.165) is 32.5 Å². The third-order valence-electron chi connectivity index (χ3n) is 3.68. The van der Waals surface area contributed by atoms with Crippen molar-refractivity contribution in [1.29, 1.82) is 0 Å². The molecule has 0 saturated carbocycles. The van der Waals surface area contributed by atoms with Crippen LogP contribution in [0.25, 0.3) is 0 Å². The van der Waals surface area contributed by atoms with Crippen molar-refractivity contribution in [3.05, 3.63) is 35.6 Å². The molecule has 0 atom stereocenters. The number of hydrogen-bond acceptors (Lipinski definition) is 2. The maximum absolute atomic E-state index is 13.2. The van der Waals surface area contributed by atoms with Crippen LogP contribution >= 0.6 is 0 Å². The molecule has 104 valence electrons. The lowest BCUT2D eigenvalue weighted by molar-refractivity contribution is 0.0726. The molecule has 0 spiro atoms. The number of halogens is 1. The number of benzene rings is 1. The van der Waals surface area contributed by atoms with Gasteiger partial charge in [-0.2, -0.15) is 0 Å². The van der Waals surface area contributed by atoms with Gasteiger partial charge >= 0.3 is 0 Å². The Labute approximate surface area is 113 Å². The van der Waals surface area contributed by atoms with Crippen LogP contribution in [0.2, 0.25) is 0 Å². The predicted octanol–water partition coefficient (Wildman–Crippen LogP) is 2.29. The highest BCUT2D eigenvalue weighted by Crippen LogP contribution is 2.15. The zero-order valence-electron chi connectivity index (χ0n) is 11.4. The zero-order valence-corrected chi connectivity index (χ0v) is 11.4. The van der Waals surface area contributed by atoms with Crippen molar-refractivity contribution in [3.63, 3.8) is 0 Å². The van der Waals surface area contributed by atoms with Crippen LogP contribution in [0.3, 0.4) is 0 Å². The van der Waals surface area contributed by atoms with Gasteiger partial charge in [-0.3, -0.25) is 4.79 Å². The first-order chi connectivity index (χ1) is 9.20. The van der Waals surface area contributed by atoms with Gasteiger partial charge in [0.1, 0.15) is 5.82 Å². The van der Waals surface area contributed by atoms with Crippen LogP contribution in [-0.2, 0) is 0 Å². The molecule has 0 unspecified atom stereocenters. The van der Waals surface area contributed by atoms with Gasteiger partial charge in [0, 0.05) is 18.7 Å². The topological polar surface area (TPSA) is 32.3 Å². The first kappa shape index (κ1) is 14.0. The molecule has 1 fully saturated rings. The van der Waals surface area contributed by atoms with Crippen LogP contribution in [-0.4, -0.2) is 37.0 Å². The van der Waals surface area contributed by atoms with Crippen LogP contribution in [0.1, 0.15) is 30.1 Å². The Bertz CT molecular complexity index is 430. The molecule has 1 saturated heterocycles. The number of nitrogens with zero attached hydrogens (tertiary/aromatic N) is 1. The smallest absolute Gasteiger partial charge is 0.253 e. The monoisotopic (exact) mass is 264 g/mol. The Kier molecular flexibility index (Phi) is 4.91. The average molecular weight is 264 g/mol. The van der Waals surface area contributed by atoms with Gasteiger partial charge in [-0.15, -0.1) is 0 Å². The zero-order chi connectivity index (χ0) is 13.7. The van der Waals surface area contributed by atoms with E-state index in [2.05, 4.69) is 5.32 Å². The van der Waals surface area contributed by atoms with Gasteiger partial charge in [-0.25, -0.2) is 4.39 Å². The fourth-order valence-corrected chi connectivity index (χ4v) is 2.54. The summed E-state index contributed by atoms with van der Waals surface area (Å²) in [6.07, 6.45) is 2.21. The molecule has 1 aliphatic heterocycles. The molecule has 19 heavy (non-hydrogen) atoms. The van der Waals surface area contributed by atoms with Gasteiger partial charge in [-0.05, 0) is 57.0 Å². The van der Waals surface area contributed by atoms with Gasteiger partial charge < -0.3 is 10.2 Å². The van der Waals surface area contributed by atoms with Crippen molar-refractivity contribution < 1.29 is 9.18 Å². The maximum atomic E-state index is 13.2. The summed E-state index contributed by atoms with van der Waals surface area (Å²) in [6.45, 7) is 5.46. The molecular weight excluding hydrogens is 243 g/mol. The largest absolute Gasteiger partial charge is 0.339 e. The van der Waals surface area contributed by atoms with Gasteiger partial charge in [0.05, 0.1) is 0 Å². The summed E-state index contributed by atoms with van der Waals surface area (Å²) in [4.78, 5) is 14.2. The molecule has 0 aromatic heterocycles. The Hall–Kier alpha value is -1.42. The van der Waals surface area contributed by atoms with Crippen molar-refractivity contribution >= 4 is 5.91 Å². The third kappa shape index (κ3) is 3.77. The van der Waals surface area contributed by atoms with E-state index in [1.54, 1.807) is 12.1 Å². The van der Waals surface area contributed by atoms with Gasteiger partial charge in [-0.1, -0.05) is 6.07 Å². The summed E-state index contributed by atoms with van der Waals surface area (Å²) >= 11 is 0. The standard InChI is InChI=1S/C15H21FN2O/c1-2-18(11-12-6-8-17-9-7-12)15(19)13-4-3-5-14(16)10-13/h3-5,10,12,17H,2,6-9,11H2,1H3. The summed E-state index contributed by atoms with van der Waals surface area (Å²) in [5.74, 6) is 0.128. The van der Waals surface area contributed by atoms with E-state index in [1.165, 1.54) is 12.1 Å². The van der Waals surface area contributed by atoms with E-state index in [4.69, 9.17) is 0 Å². The Morgan fingerprint density at radius 2 is 2.16 bits per heavy atom. The van der Waals surface area contributed by atoms with E-state index in [-0.39, 0.29) is 11.7 Å². The highest BCUT2D eigenvalue weighted by molar-refractivity contribution is 5.94. The molecular formula is C15H21FN2O. The first-order valence-corrected chi connectivity index (χ1v) is 6.96. The van der Waals surface area contributed by atoms with Crippen LogP contribution in [0.4, 0.5) is 4.39 Å². The lowest BCUT2D eigenvalue weighted by atomic mass is 9.97. The van der Waals surface area contributed by atoms with E-state index in [0.29, 0.717) is 18.0 Å². The minimum absolute atomic E-state index is 0.0690. The average Bonchev–Trinajstić information content (AvgIpc) is 2.45. The number of piperidine rings is 1. The van der Waals surface area contributed by atoms with E-state index >= 15 is 0 Å². The van der Waals surface area contributed by atoms with Crippen LogP contribution in [0, 0.1) is 11.7 Å². The second kappa shape index (κ2) is 6.66. The molecule has 1 aliphatic rings. The molecule has 0 aliphatic carbocycles. The van der Waals surface area contributed by atoms with Crippen molar-refractivity contribution in [2.45, 2.75) is 19.8 Å². The number of hydrogen-bond donors (Lipinski definition) is 1. The van der Waals surface area contributed by atoms with Crippen molar-refractivity contribution in [2.24, 2.45) is 5.92 Å². The van der Waals surface area contributed by atoms with Crippen LogP contribution in [0.5, 0.6) is 0 Å². The van der Waals surface area contributed by atoms with Gasteiger partial charge in [0.15, 0.2) is 0 Å². The number of rotatable bonds is 4. The van der Waals surface area contributed by atoms with E-state index in [9.17, 15) is 9.18 Å². The minimum Gasteiger partial charge on any atom is -0.339 e. The van der Waals surface area contributed by atoms with Gasteiger partial charge in [0.25, 0.3) is 5.91 Å². The lowest BCUT2D eigenvalue weighted by Gasteiger charge is -2.29. The highest BCUT2D eigenvalue weighted by Gasteiger charge is 2.20. The number of nitrogens with one attached hydrogen (secondary N) is 1. The molecule has 4 heteroatoms. The molecule has 3 nitrogen and oxygen atoms in total. The van der Waals surface area contributed by atoms with Crippen LogP contribution in [0.15, 0.2) is 24.3 Å². The molecule has 0 bridgehead atoms. The number of carbonyl (C=O) groups excluding carboxylic acids is 1. The second-order valence-corrected chi connectivity index (χ2v) is 5.05. The Balaban J connectivity index is 2.02. The van der Waals surface area contributed by atoms with Crippen molar-refractivity contribution in [2.75, 3.05) is 26.2 Å². The number of carbonyl (C=O) groups is 1. The highest BCUT2D eigenvalue weighted by atomic mass is 19.1. The van der Waals surface area contributed by atoms with Crippen molar-refractivity contribution in [1.82, 2.24) is 10.2 Å². The summed E-state index contributed by atoms with van der Waals surface area (Å²) in [6, 6.07) is 5.94. The maximum Gasteiger partial charge on any atom is 0.253 e. The fraction of sp³-hybridized carbons (Fsp3) is 0.533. The summed E-state index contributed by atoms with van der Waals surface area (Å²) in [7, 11) is 0. The SMILES string of the molecule is CCN(CC1CCNCC1)C(=O)c1cccc(F)c1. The fourth-order valence-electron chi connectivity index (χ4n) is 2.54. The first-order valence-electron chi connectivity index (χ1n) is 6.96. The van der Waals surface area contributed by atoms with Crippen LogP contribution < -0.4 is 5.32 Å². The molecule has 1 heterocycles. The lowest BCUT2D eigenvalue weighted by Crippen LogP contribution is -2.39. The number of amides is 1. The molecule has 2 rings (SSSR count). The summed E-state index contributed by atoms with van der Waals surface area (Å²) in [5.41, 5.74) is 0.441. The second-order valence-electron chi connectivity index (χ2n) is 5.05. The molecule has 1 aromatic rings. The predicted molar refractivity (Wildman–Crippen MR) is 73.6 cm³/mol. The third-order valence-corrected chi connectivity index (χ3v) is 3.68. The molecule has 0 radical (unpaired) electrons. The quantitative estimate of drug-likeness (QED) is 0.905. The van der Waals surface area contributed by atoms with Gasteiger partial charge in [0.2, 0.25) is 0 Å². The molecule has 1 N–H and O–H groups in total. The van der Waals surface area contributed by atoms with E-state index < -0.39 is 0 Å². The van der Waals surface area contributed by atoms with E-state index in [1.807, 2.05) is 11.8 Å². The van der Waals surface area contributed by atoms with Crippen molar-refractivity contribution in [3.8, 4) is 0 Å². The minimum atomic E-state index is -0.358. The normalized spacial score (nSPS) is 16.3. The molecule has 1 aromatic carbocycles. The summed E-state index contributed by atoms with van der Waals surface area (Å²) < 4.78 is 13.2. The Morgan fingerprint density at radius 1 is 1.42 bits per heavy atom. The Morgan fingerprint density at radius 3 is 2.79 bits per heavy atom. The summed E-state index contributed by atoms with van der Waals surface area (Å²) in [5, 5.41) is 3.32.